The fourth-order valence-corrected chi connectivity index (χ4v) is 1.99. The van der Waals surface area contributed by atoms with Gasteiger partial charge in [-0.1, -0.05) is 37.6 Å². The summed E-state index contributed by atoms with van der Waals surface area (Å²) in [5.41, 5.74) is 2.63. The van der Waals surface area contributed by atoms with Crippen LogP contribution in [0.4, 0.5) is 5.69 Å². The van der Waals surface area contributed by atoms with Crippen molar-refractivity contribution in [1.29, 1.82) is 0 Å². The van der Waals surface area contributed by atoms with Crippen molar-refractivity contribution in [3.8, 4) is 0 Å². The minimum absolute atomic E-state index is 1.18. The van der Waals surface area contributed by atoms with Gasteiger partial charge in [-0.2, -0.15) is 0 Å². The molecule has 0 aliphatic heterocycles. The van der Waals surface area contributed by atoms with Crippen LogP contribution in [0.2, 0.25) is 0 Å². The maximum absolute atomic E-state index is 3.18. The Morgan fingerprint density at radius 1 is 1.00 bits per heavy atom. The molecule has 0 amide bonds. The SMILES string of the molecule is CCCCc1ccc2ccc(NC)cc2c1. The number of hydrogen-bond donors (Lipinski definition) is 1. The van der Waals surface area contributed by atoms with Crippen LogP contribution in [0.25, 0.3) is 10.8 Å². The second kappa shape index (κ2) is 5.02. The van der Waals surface area contributed by atoms with Gasteiger partial charge in [0.05, 0.1) is 0 Å². The quantitative estimate of drug-likeness (QED) is 0.801. The first-order valence-electron chi connectivity index (χ1n) is 6.04. The summed E-state index contributed by atoms with van der Waals surface area (Å²) in [6.07, 6.45) is 3.72. The first kappa shape index (κ1) is 11.0. The highest BCUT2D eigenvalue weighted by Crippen LogP contribution is 2.21. The molecule has 0 bridgehead atoms. The van der Waals surface area contributed by atoms with Crippen LogP contribution in [0, 0.1) is 0 Å². The predicted octanol–water partition coefficient (Wildman–Crippen LogP) is 4.22. The van der Waals surface area contributed by atoms with Gasteiger partial charge in [-0.25, -0.2) is 0 Å². The van der Waals surface area contributed by atoms with Crippen molar-refractivity contribution < 1.29 is 0 Å². The van der Waals surface area contributed by atoms with Crippen LogP contribution < -0.4 is 5.32 Å². The first-order valence-corrected chi connectivity index (χ1v) is 6.04. The van der Waals surface area contributed by atoms with Gasteiger partial charge in [-0.15, -0.1) is 0 Å². The third-order valence-corrected chi connectivity index (χ3v) is 3.01. The number of anilines is 1. The molecule has 2 rings (SSSR count). The first-order chi connectivity index (χ1) is 7.83. The summed E-state index contributed by atoms with van der Waals surface area (Å²) in [6.45, 7) is 2.24. The molecular formula is C15H19N. The summed E-state index contributed by atoms with van der Waals surface area (Å²) >= 11 is 0. The average Bonchev–Trinajstić information content (AvgIpc) is 2.35. The molecule has 0 aliphatic rings. The van der Waals surface area contributed by atoms with E-state index in [0.717, 1.165) is 0 Å². The second-order valence-electron chi connectivity index (χ2n) is 4.25. The monoisotopic (exact) mass is 213 g/mol. The van der Waals surface area contributed by atoms with E-state index in [2.05, 4.69) is 48.6 Å². The van der Waals surface area contributed by atoms with Crippen molar-refractivity contribution in [3.63, 3.8) is 0 Å². The highest BCUT2D eigenvalue weighted by atomic mass is 14.8. The standard InChI is InChI=1S/C15H19N/c1-3-4-5-12-6-7-13-8-9-15(16-2)11-14(13)10-12/h6-11,16H,3-5H2,1-2H3. The van der Waals surface area contributed by atoms with Gasteiger partial charge in [0, 0.05) is 12.7 Å². The average molecular weight is 213 g/mol. The highest BCUT2D eigenvalue weighted by molar-refractivity contribution is 5.86. The molecule has 0 radical (unpaired) electrons. The van der Waals surface area contributed by atoms with Crippen LogP contribution >= 0.6 is 0 Å². The van der Waals surface area contributed by atoms with Gasteiger partial charge < -0.3 is 5.32 Å². The van der Waals surface area contributed by atoms with E-state index < -0.39 is 0 Å². The molecule has 1 heteroatoms. The van der Waals surface area contributed by atoms with E-state index in [9.17, 15) is 0 Å². The van der Waals surface area contributed by atoms with Gasteiger partial charge in [-0.3, -0.25) is 0 Å². The van der Waals surface area contributed by atoms with Crippen molar-refractivity contribution in [2.24, 2.45) is 0 Å². The molecule has 2 aromatic rings. The number of hydrogen-bond acceptors (Lipinski definition) is 1. The molecule has 0 heterocycles. The maximum Gasteiger partial charge on any atom is 0.0343 e. The van der Waals surface area contributed by atoms with Crippen LogP contribution in [0.15, 0.2) is 36.4 Å². The van der Waals surface area contributed by atoms with Crippen molar-refractivity contribution in [2.45, 2.75) is 26.2 Å². The summed E-state index contributed by atoms with van der Waals surface area (Å²) < 4.78 is 0. The van der Waals surface area contributed by atoms with Crippen molar-refractivity contribution >= 4 is 16.5 Å². The molecule has 0 atom stereocenters. The zero-order chi connectivity index (χ0) is 11.4. The molecule has 1 nitrogen and oxygen atoms in total. The summed E-state index contributed by atoms with van der Waals surface area (Å²) in [6, 6.07) is 13.3. The van der Waals surface area contributed by atoms with Crippen LogP contribution in [-0.2, 0) is 6.42 Å². The Kier molecular flexibility index (Phi) is 3.45. The molecule has 0 aromatic heterocycles. The molecule has 1 N–H and O–H groups in total. The molecule has 0 spiro atoms. The molecule has 0 saturated heterocycles. The fourth-order valence-electron chi connectivity index (χ4n) is 1.99. The third-order valence-electron chi connectivity index (χ3n) is 3.01. The molecule has 0 unspecified atom stereocenters. The Labute approximate surface area is 97.5 Å². The fraction of sp³-hybridized carbons (Fsp3) is 0.333. The number of aryl methyl sites for hydroxylation is 1. The number of unbranched alkanes of at least 4 members (excludes halogenated alkanes) is 1. The Bertz CT molecular complexity index is 474. The van der Waals surface area contributed by atoms with E-state index >= 15 is 0 Å². The van der Waals surface area contributed by atoms with Gasteiger partial charge in [0.2, 0.25) is 0 Å². The Balaban J connectivity index is 2.35. The van der Waals surface area contributed by atoms with Gasteiger partial charge >= 0.3 is 0 Å². The summed E-state index contributed by atoms with van der Waals surface area (Å²) in [5.74, 6) is 0. The maximum atomic E-state index is 3.18. The van der Waals surface area contributed by atoms with Crippen molar-refractivity contribution in [1.82, 2.24) is 0 Å². The Morgan fingerprint density at radius 2 is 1.81 bits per heavy atom. The van der Waals surface area contributed by atoms with Gasteiger partial charge in [-0.05, 0) is 41.3 Å². The van der Waals surface area contributed by atoms with Crippen molar-refractivity contribution in [2.75, 3.05) is 12.4 Å². The molecule has 16 heavy (non-hydrogen) atoms. The smallest absolute Gasteiger partial charge is 0.0343 e. The topological polar surface area (TPSA) is 12.0 Å². The van der Waals surface area contributed by atoms with Gasteiger partial charge in [0.15, 0.2) is 0 Å². The summed E-state index contributed by atoms with van der Waals surface area (Å²) in [5, 5.41) is 5.83. The lowest BCUT2D eigenvalue weighted by Crippen LogP contribution is -1.88. The van der Waals surface area contributed by atoms with Crippen LogP contribution in [0.3, 0.4) is 0 Å². The lowest BCUT2D eigenvalue weighted by atomic mass is 10.0. The molecule has 0 aliphatic carbocycles. The van der Waals surface area contributed by atoms with E-state index in [4.69, 9.17) is 0 Å². The van der Waals surface area contributed by atoms with Gasteiger partial charge in [0.25, 0.3) is 0 Å². The molecule has 0 fully saturated rings. The minimum Gasteiger partial charge on any atom is -0.388 e. The predicted molar refractivity (Wildman–Crippen MR) is 72.1 cm³/mol. The lowest BCUT2D eigenvalue weighted by molar-refractivity contribution is 0.796. The largest absolute Gasteiger partial charge is 0.388 e. The zero-order valence-electron chi connectivity index (χ0n) is 10.1. The summed E-state index contributed by atoms with van der Waals surface area (Å²) in [7, 11) is 1.96. The van der Waals surface area contributed by atoms with E-state index in [1.54, 1.807) is 0 Å². The van der Waals surface area contributed by atoms with Crippen molar-refractivity contribution in [3.05, 3.63) is 42.0 Å². The number of benzene rings is 2. The Hall–Kier alpha value is -1.50. The van der Waals surface area contributed by atoms with E-state index in [1.165, 1.54) is 41.3 Å². The normalized spacial score (nSPS) is 10.6. The number of rotatable bonds is 4. The second-order valence-corrected chi connectivity index (χ2v) is 4.25. The Morgan fingerprint density at radius 3 is 2.56 bits per heavy atom. The third kappa shape index (κ3) is 2.35. The number of fused-ring (bicyclic) bond motifs is 1. The number of nitrogens with one attached hydrogen (secondary N) is 1. The zero-order valence-corrected chi connectivity index (χ0v) is 10.1. The van der Waals surface area contributed by atoms with E-state index in [-0.39, 0.29) is 0 Å². The van der Waals surface area contributed by atoms with Crippen LogP contribution in [-0.4, -0.2) is 7.05 Å². The molecule has 0 saturated carbocycles. The van der Waals surface area contributed by atoms with E-state index in [0.29, 0.717) is 0 Å². The molecule has 84 valence electrons. The minimum atomic E-state index is 1.18. The summed E-state index contributed by atoms with van der Waals surface area (Å²) in [4.78, 5) is 0. The van der Waals surface area contributed by atoms with Crippen LogP contribution in [0.1, 0.15) is 25.3 Å². The van der Waals surface area contributed by atoms with Gasteiger partial charge in [0.1, 0.15) is 0 Å². The lowest BCUT2D eigenvalue weighted by Gasteiger charge is -2.05. The molecule has 2 aromatic carbocycles. The molecular weight excluding hydrogens is 194 g/mol. The highest BCUT2D eigenvalue weighted by Gasteiger charge is 1.97. The van der Waals surface area contributed by atoms with Crippen LogP contribution in [0.5, 0.6) is 0 Å². The van der Waals surface area contributed by atoms with E-state index in [1.807, 2.05) is 7.05 Å².